The maximum atomic E-state index is 12.0. The molecular weight excluding hydrogens is 330 g/mol. The van der Waals surface area contributed by atoms with Crippen molar-refractivity contribution in [2.75, 3.05) is 11.9 Å². The van der Waals surface area contributed by atoms with Crippen molar-refractivity contribution in [3.63, 3.8) is 0 Å². The summed E-state index contributed by atoms with van der Waals surface area (Å²) in [4.78, 5) is 16.3. The van der Waals surface area contributed by atoms with E-state index >= 15 is 0 Å². The fourth-order valence-corrected chi connectivity index (χ4v) is 2.98. The SMILES string of the molecule is CC(C)(C)c1nnc(NC(=O)c2csc(CCN)n2)s1.Cl. The average molecular weight is 348 g/mol. The van der Waals surface area contributed by atoms with Gasteiger partial charge in [0, 0.05) is 17.2 Å². The summed E-state index contributed by atoms with van der Waals surface area (Å²) < 4.78 is 0. The van der Waals surface area contributed by atoms with Crippen molar-refractivity contribution in [2.45, 2.75) is 32.6 Å². The third kappa shape index (κ3) is 4.70. The number of nitrogens with one attached hydrogen (secondary N) is 1. The van der Waals surface area contributed by atoms with Crippen LogP contribution in [0.15, 0.2) is 5.38 Å². The van der Waals surface area contributed by atoms with Crippen molar-refractivity contribution in [2.24, 2.45) is 5.73 Å². The lowest BCUT2D eigenvalue weighted by Crippen LogP contribution is -2.12. The average Bonchev–Trinajstić information content (AvgIpc) is 2.97. The molecule has 3 N–H and O–H groups in total. The number of carbonyl (C=O) groups excluding carboxylic acids is 1. The van der Waals surface area contributed by atoms with Crippen molar-refractivity contribution in [1.82, 2.24) is 15.2 Å². The number of nitrogens with zero attached hydrogens (tertiary/aromatic N) is 3. The van der Waals surface area contributed by atoms with Crippen molar-refractivity contribution >= 4 is 46.1 Å². The molecule has 0 aliphatic carbocycles. The topological polar surface area (TPSA) is 93.8 Å². The van der Waals surface area contributed by atoms with Crippen molar-refractivity contribution in [1.29, 1.82) is 0 Å². The van der Waals surface area contributed by atoms with Crippen molar-refractivity contribution < 1.29 is 4.79 Å². The van der Waals surface area contributed by atoms with Crippen LogP contribution in [0.3, 0.4) is 0 Å². The predicted molar refractivity (Wildman–Crippen MR) is 88.7 cm³/mol. The number of hydrogen-bond acceptors (Lipinski definition) is 7. The van der Waals surface area contributed by atoms with Gasteiger partial charge in [-0.2, -0.15) is 0 Å². The van der Waals surface area contributed by atoms with Crippen LogP contribution in [0.1, 0.15) is 41.3 Å². The molecule has 0 bridgehead atoms. The van der Waals surface area contributed by atoms with Gasteiger partial charge >= 0.3 is 0 Å². The van der Waals surface area contributed by atoms with Crippen LogP contribution in [0.4, 0.5) is 5.13 Å². The lowest BCUT2D eigenvalue weighted by molar-refractivity contribution is 0.102. The number of halogens is 1. The van der Waals surface area contributed by atoms with E-state index in [0.717, 1.165) is 10.0 Å². The Balaban J connectivity index is 0.00000220. The van der Waals surface area contributed by atoms with E-state index < -0.39 is 0 Å². The molecule has 0 radical (unpaired) electrons. The van der Waals surface area contributed by atoms with Crippen LogP contribution in [-0.4, -0.2) is 27.6 Å². The first-order chi connectivity index (χ1) is 9.40. The molecule has 0 spiro atoms. The molecule has 116 valence electrons. The van der Waals surface area contributed by atoms with Gasteiger partial charge in [0.1, 0.15) is 10.7 Å². The Hall–Kier alpha value is -1.09. The Kier molecular flexibility index (Phi) is 6.21. The second-order valence-electron chi connectivity index (χ2n) is 5.28. The summed E-state index contributed by atoms with van der Waals surface area (Å²) in [6.45, 7) is 6.69. The molecule has 21 heavy (non-hydrogen) atoms. The Labute approximate surface area is 137 Å². The number of anilines is 1. The molecule has 0 saturated heterocycles. The first-order valence-electron chi connectivity index (χ1n) is 6.20. The van der Waals surface area contributed by atoms with Gasteiger partial charge < -0.3 is 5.73 Å². The number of hydrogen-bond donors (Lipinski definition) is 2. The zero-order valence-electron chi connectivity index (χ0n) is 12.0. The van der Waals surface area contributed by atoms with Gasteiger partial charge in [-0.05, 0) is 6.54 Å². The summed E-state index contributed by atoms with van der Waals surface area (Å²) in [6, 6.07) is 0. The lowest BCUT2D eigenvalue weighted by atomic mass is 9.98. The smallest absolute Gasteiger partial charge is 0.276 e. The number of rotatable bonds is 4. The molecule has 9 heteroatoms. The van der Waals surface area contributed by atoms with E-state index in [9.17, 15) is 4.79 Å². The number of aromatic nitrogens is 3. The van der Waals surface area contributed by atoms with Crippen LogP contribution < -0.4 is 11.1 Å². The highest BCUT2D eigenvalue weighted by Gasteiger charge is 2.20. The molecule has 2 heterocycles. The quantitative estimate of drug-likeness (QED) is 0.886. The Morgan fingerprint density at radius 3 is 2.67 bits per heavy atom. The van der Waals surface area contributed by atoms with Gasteiger partial charge in [-0.25, -0.2) is 4.98 Å². The lowest BCUT2D eigenvalue weighted by Gasteiger charge is -2.12. The van der Waals surface area contributed by atoms with Gasteiger partial charge in [0.2, 0.25) is 5.13 Å². The molecule has 6 nitrogen and oxygen atoms in total. The second-order valence-corrected chi connectivity index (χ2v) is 7.20. The Morgan fingerprint density at radius 2 is 2.10 bits per heavy atom. The third-order valence-electron chi connectivity index (χ3n) is 2.43. The van der Waals surface area contributed by atoms with E-state index in [2.05, 4.69) is 41.3 Å². The number of nitrogens with two attached hydrogens (primary N) is 1. The van der Waals surface area contributed by atoms with Gasteiger partial charge in [0.25, 0.3) is 5.91 Å². The Bertz CT molecular complexity index is 605. The van der Waals surface area contributed by atoms with Gasteiger partial charge in [-0.1, -0.05) is 32.1 Å². The van der Waals surface area contributed by atoms with E-state index in [-0.39, 0.29) is 23.7 Å². The second kappa shape index (κ2) is 7.26. The molecule has 0 saturated carbocycles. The summed E-state index contributed by atoms with van der Waals surface area (Å²) in [5, 5.41) is 14.8. The minimum absolute atomic E-state index is 0. The summed E-state index contributed by atoms with van der Waals surface area (Å²) in [7, 11) is 0. The van der Waals surface area contributed by atoms with E-state index in [0.29, 0.717) is 23.8 Å². The van der Waals surface area contributed by atoms with Gasteiger partial charge in [0.15, 0.2) is 0 Å². The fraction of sp³-hybridized carbons (Fsp3) is 0.500. The summed E-state index contributed by atoms with van der Waals surface area (Å²) in [6.07, 6.45) is 0.685. The molecule has 2 aromatic heterocycles. The van der Waals surface area contributed by atoms with Crippen molar-refractivity contribution in [3.8, 4) is 0 Å². The molecular formula is C12H18ClN5OS2. The molecule has 2 rings (SSSR count). The summed E-state index contributed by atoms with van der Waals surface area (Å²) >= 11 is 2.82. The van der Waals surface area contributed by atoms with Crippen LogP contribution in [0, 0.1) is 0 Å². The zero-order valence-corrected chi connectivity index (χ0v) is 14.5. The maximum absolute atomic E-state index is 12.0. The van der Waals surface area contributed by atoms with E-state index in [1.54, 1.807) is 5.38 Å². The van der Waals surface area contributed by atoms with Gasteiger partial charge in [-0.15, -0.1) is 33.9 Å². The number of thiazole rings is 1. The fourth-order valence-electron chi connectivity index (χ4n) is 1.39. The maximum Gasteiger partial charge on any atom is 0.276 e. The molecule has 0 fully saturated rings. The monoisotopic (exact) mass is 347 g/mol. The molecule has 0 aliphatic heterocycles. The van der Waals surface area contributed by atoms with Crippen LogP contribution in [0.2, 0.25) is 0 Å². The third-order valence-corrected chi connectivity index (χ3v) is 4.60. The van der Waals surface area contributed by atoms with Gasteiger partial charge in [-0.3, -0.25) is 10.1 Å². The molecule has 1 amide bonds. The predicted octanol–water partition coefficient (Wildman–Crippen LogP) is 2.47. The minimum atomic E-state index is -0.263. The van der Waals surface area contributed by atoms with Crippen LogP contribution in [-0.2, 0) is 11.8 Å². The summed E-state index contributed by atoms with van der Waals surface area (Å²) in [5.74, 6) is -0.263. The normalized spacial score (nSPS) is 11.0. The highest BCUT2D eigenvalue weighted by molar-refractivity contribution is 7.15. The van der Waals surface area contributed by atoms with E-state index in [1.165, 1.54) is 22.7 Å². The minimum Gasteiger partial charge on any atom is -0.330 e. The first kappa shape index (κ1) is 18.0. The molecule has 0 aliphatic rings. The molecule has 0 unspecified atom stereocenters. The zero-order chi connectivity index (χ0) is 14.8. The van der Waals surface area contributed by atoms with Crippen LogP contribution in [0.5, 0.6) is 0 Å². The summed E-state index contributed by atoms with van der Waals surface area (Å²) in [5.41, 5.74) is 5.78. The number of amides is 1. The van der Waals surface area contributed by atoms with E-state index in [4.69, 9.17) is 5.73 Å². The highest BCUT2D eigenvalue weighted by Crippen LogP contribution is 2.27. The van der Waals surface area contributed by atoms with Gasteiger partial charge in [0.05, 0.1) is 5.01 Å². The largest absolute Gasteiger partial charge is 0.330 e. The molecule has 0 aromatic carbocycles. The van der Waals surface area contributed by atoms with E-state index in [1.807, 2.05) is 0 Å². The van der Waals surface area contributed by atoms with Crippen LogP contribution in [0.25, 0.3) is 0 Å². The molecule has 2 aromatic rings. The number of carbonyl (C=O) groups is 1. The Morgan fingerprint density at radius 1 is 1.38 bits per heavy atom. The molecule has 0 atom stereocenters. The standard InChI is InChI=1S/C12H17N5OS2.ClH/c1-12(2,3)10-16-17-11(20-10)15-9(18)7-6-19-8(14-7)4-5-13;/h6H,4-5,13H2,1-3H3,(H,15,17,18);1H. The van der Waals surface area contributed by atoms with Crippen LogP contribution >= 0.6 is 35.1 Å². The highest BCUT2D eigenvalue weighted by atomic mass is 35.5. The first-order valence-corrected chi connectivity index (χ1v) is 7.89. The van der Waals surface area contributed by atoms with Crippen molar-refractivity contribution in [3.05, 3.63) is 21.1 Å².